The molecule has 0 bridgehead atoms. The Morgan fingerprint density at radius 2 is 1.88 bits per heavy atom. The molecular weight excluding hydrogens is 433 g/mol. The van der Waals surface area contributed by atoms with E-state index in [2.05, 4.69) is 0 Å². The number of carbonyl (C=O) groups is 2. The number of thiophene rings is 1. The molecule has 6 nitrogen and oxygen atoms in total. The minimum Gasteiger partial charge on any atom is -0.507 e. The van der Waals surface area contributed by atoms with E-state index in [-0.39, 0.29) is 29.0 Å². The largest absolute Gasteiger partial charge is 0.507 e. The fourth-order valence-corrected chi connectivity index (χ4v) is 4.48. The summed E-state index contributed by atoms with van der Waals surface area (Å²) in [5.74, 6) is -2.05. The molecule has 0 saturated carbocycles. The van der Waals surface area contributed by atoms with Crippen LogP contribution in [0, 0.1) is 5.82 Å². The first-order valence-electron chi connectivity index (χ1n) is 9.74. The molecule has 1 amide bonds. The summed E-state index contributed by atoms with van der Waals surface area (Å²) in [6.07, 6.45) is 0. The average Bonchev–Trinajstić information content (AvgIpc) is 3.41. The van der Waals surface area contributed by atoms with Gasteiger partial charge < -0.3 is 19.5 Å². The molecular formula is C24H20FNO5S. The van der Waals surface area contributed by atoms with Gasteiger partial charge in [-0.3, -0.25) is 9.59 Å². The molecule has 0 spiro atoms. The zero-order chi connectivity index (χ0) is 22.8. The van der Waals surface area contributed by atoms with Crippen molar-refractivity contribution >= 4 is 28.8 Å². The standard InChI is InChI=1S/C24H20FNO5S/c1-30-14-9-10-19(31-2)17(12-14)22(27)20-21(16-7-3-4-8-18(16)25)26(24(29)23(20)28)13-15-6-5-11-32-15/h3-12,21,27H,13H2,1-2H3/b22-20+. The number of nitrogens with zero attached hydrogens (tertiary/aromatic N) is 1. The van der Waals surface area contributed by atoms with Crippen molar-refractivity contribution in [3.63, 3.8) is 0 Å². The van der Waals surface area contributed by atoms with Crippen LogP contribution < -0.4 is 9.47 Å². The molecule has 1 fully saturated rings. The number of hydrogen-bond donors (Lipinski definition) is 1. The van der Waals surface area contributed by atoms with Gasteiger partial charge in [0.25, 0.3) is 11.7 Å². The quantitative estimate of drug-likeness (QED) is 0.337. The lowest BCUT2D eigenvalue weighted by molar-refractivity contribution is -0.140. The molecule has 1 aliphatic rings. The first-order valence-corrected chi connectivity index (χ1v) is 10.6. The number of amides is 1. The summed E-state index contributed by atoms with van der Waals surface area (Å²) in [5.41, 5.74) is 0.0807. The third-order valence-corrected chi connectivity index (χ3v) is 6.17. The van der Waals surface area contributed by atoms with Crippen LogP contribution in [0.4, 0.5) is 4.39 Å². The van der Waals surface area contributed by atoms with E-state index in [0.717, 1.165) is 4.88 Å². The first kappa shape index (κ1) is 21.6. The number of aliphatic hydroxyl groups excluding tert-OH is 1. The van der Waals surface area contributed by atoms with Crippen molar-refractivity contribution in [3.8, 4) is 11.5 Å². The van der Waals surface area contributed by atoms with Gasteiger partial charge in [-0.05, 0) is 35.7 Å². The van der Waals surface area contributed by atoms with Crippen LogP contribution in [0.3, 0.4) is 0 Å². The summed E-state index contributed by atoms with van der Waals surface area (Å²) in [5, 5.41) is 13.1. The van der Waals surface area contributed by atoms with Gasteiger partial charge in [-0.2, -0.15) is 0 Å². The number of likely N-dealkylation sites (tertiary alicyclic amines) is 1. The van der Waals surface area contributed by atoms with Crippen LogP contribution in [0.2, 0.25) is 0 Å². The highest BCUT2D eigenvalue weighted by Crippen LogP contribution is 2.43. The maximum Gasteiger partial charge on any atom is 0.295 e. The first-order chi connectivity index (χ1) is 15.5. The second-order valence-corrected chi connectivity index (χ2v) is 8.13. The zero-order valence-electron chi connectivity index (χ0n) is 17.4. The number of hydrogen-bond acceptors (Lipinski definition) is 6. The average molecular weight is 453 g/mol. The molecule has 2 heterocycles. The lowest BCUT2D eigenvalue weighted by Crippen LogP contribution is -2.29. The molecule has 2 aromatic carbocycles. The number of carbonyl (C=O) groups excluding carboxylic acids is 2. The number of methoxy groups -OCH3 is 2. The van der Waals surface area contributed by atoms with E-state index in [4.69, 9.17) is 9.47 Å². The molecule has 8 heteroatoms. The molecule has 3 aromatic rings. The fraction of sp³-hybridized carbons (Fsp3) is 0.167. The Morgan fingerprint density at radius 3 is 2.53 bits per heavy atom. The zero-order valence-corrected chi connectivity index (χ0v) is 18.2. The van der Waals surface area contributed by atoms with Gasteiger partial charge in [0, 0.05) is 10.4 Å². The predicted molar refractivity (Wildman–Crippen MR) is 118 cm³/mol. The summed E-state index contributed by atoms with van der Waals surface area (Å²) in [6, 6.07) is 13.2. The Bertz CT molecular complexity index is 1200. The van der Waals surface area contributed by atoms with Crippen LogP contribution >= 0.6 is 11.3 Å². The third kappa shape index (κ3) is 3.73. The number of ether oxygens (including phenoxy) is 2. The Labute approximate surface area is 188 Å². The van der Waals surface area contributed by atoms with Gasteiger partial charge in [-0.15, -0.1) is 11.3 Å². The molecule has 1 unspecified atom stereocenters. The number of Topliss-reactive ketones (excluding diaryl/α,β-unsaturated/α-hetero) is 1. The van der Waals surface area contributed by atoms with Crippen LogP contribution in [-0.2, 0) is 16.1 Å². The van der Waals surface area contributed by atoms with E-state index in [1.165, 1.54) is 54.7 Å². The minimum atomic E-state index is -1.10. The van der Waals surface area contributed by atoms with Crippen molar-refractivity contribution in [2.45, 2.75) is 12.6 Å². The predicted octanol–water partition coefficient (Wildman–Crippen LogP) is 4.53. The minimum absolute atomic E-state index is 0.104. The molecule has 1 aromatic heterocycles. The summed E-state index contributed by atoms with van der Waals surface area (Å²) >= 11 is 1.42. The molecule has 1 atom stereocenters. The molecule has 0 aliphatic carbocycles. The highest BCUT2D eigenvalue weighted by Gasteiger charge is 2.47. The summed E-state index contributed by atoms with van der Waals surface area (Å²) in [4.78, 5) is 28.2. The smallest absolute Gasteiger partial charge is 0.295 e. The molecule has 1 saturated heterocycles. The van der Waals surface area contributed by atoms with E-state index in [1.807, 2.05) is 17.5 Å². The van der Waals surface area contributed by atoms with Gasteiger partial charge in [0.2, 0.25) is 0 Å². The third-order valence-electron chi connectivity index (χ3n) is 5.31. The van der Waals surface area contributed by atoms with Crippen LogP contribution in [0.15, 0.2) is 65.6 Å². The lowest BCUT2D eigenvalue weighted by Gasteiger charge is -2.25. The van der Waals surface area contributed by atoms with E-state index >= 15 is 0 Å². The fourth-order valence-electron chi connectivity index (χ4n) is 3.78. The second-order valence-electron chi connectivity index (χ2n) is 7.09. The molecule has 4 rings (SSSR count). The van der Waals surface area contributed by atoms with Crippen LogP contribution in [-0.4, -0.2) is 35.9 Å². The maximum absolute atomic E-state index is 14.9. The number of rotatable bonds is 6. The molecule has 32 heavy (non-hydrogen) atoms. The van der Waals surface area contributed by atoms with Gasteiger partial charge in [-0.1, -0.05) is 24.3 Å². The number of halogens is 1. The van der Waals surface area contributed by atoms with Crippen molar-refractivity contribution in [3.05, 3.63) is 87.4 Å². The SMILES string of the molecule is COc1ccc(OC)c(/C(O)=C2\C(=O)C(=O)N(Cc3cccs3)C2c2ccccc2F)c1. The van der Waals surface area contributed by atoms with E-state index in [1.54, 1.807) is 18.2 Å². The van der Waals surface area contributed by atoms with Gasteiger partial charge in [0.05, 0.1) is 37.9 Å². The van der Waals surface area contributed by atoms with E-state index in [0.29, 0.717) is 5.75 Å². The van der Waals surface area contributed by atoms with E-state index in [9.17, 15) is 19.1 Å². The van der Waals surface area contributed by atoms with Gasteiger partial charge >= 0.3 is 0 Å². The Hall–Kier alpha value is -3.65. The summed E-state index contributed by atoms with van der Waals surface area (Å²) in [7, 11) is 2.88. The van der Waals surface area contributed by atoms with Crippen molar-refractivity contribution < 1.29 is 28.6 Å². The van der Waals surface area contributed by atoms with Gasteiger partial charge in [0.1, 0.15) is 23.1 Å². The van der Waals surface area contributed by atoms with Crippen molar-refractivity contribution in [2.75, 3.05) is 14.2 Å². The Kier molecular flexibility index (Phi) is 5.96. The number of ketones is 1. The summed E-state index contributed by atoms with van der Waals surface area (Å²) < 4.78 is 25.4. The maximum atomic E-state index is 14.9. The van der Waals surface area contributed by atoms with Crippen LogP contribution in [0.25, 0.3) is 5.76 Å². The highest BCUT2D eigenvalue weighted by molar-refractivity contribution is 7.09. The highest BCUT2D eigenvalue weighted by atomic mass is 32.1. The normalized spacial score (nSPS) is 17.6. The second kappa shape index (κ2) is 8.84. The number of aliphatic hydroxyl groups is 1. The van der Waals surface area contributed by atoms with Gasteiger partial charge in [-0.25, -0.2) is 4.39 Å². The molecule has 164 valence electrons. The van der Waals surface area contributed by atoms with Crippen molar-refractivity contribution in [2.24, 2.45) is 0 Å². The molecule has 0 radical (unpaired) electrons. The van der Waals surface area contributed by atoms with Crippen LogP contribution in [0.5, 0.6) is 11.5 Å². The van der Waals surface area contributed by atoms with E-state index < -0.39 is 29.3 Å². The number of benzene rings is 2. The van der Waals surface area contributed by atoms with Crippen molar-refractivity contribution in [1.82, 2.24) is 4.90 Å². The monoisotopic (exact) mass is 453 g/mol. The Morgan fingerprint density at radius 1 is 1.09 bits per heavy atom. The van der Waals surface area contributed by atoms with Gasteiger partial charge in [0.15, 0.2) is 0 Å². The molecule has 1 aliphatic heterocycles. The molecule has 1 N–H and O–H groups in total. The van der Waals surface area contributed by atoms with Crippen molar-refractivity contribution in [1.29, 1.82) is 0 Å². The van der Waals surface area contributed by atoms with Crippen LogP contribution in [0.1, 0.15) is 22.0 Å². The Balaban J connectivity index is 1.94. The lowest BCUT2D eigenvalue weighted by atomic mass is 9.94. The topological polar surface area (TPSA) is 76.1 Å². The summed E-state index contributed by atoms with van der Waals surface area (Å²) in [6.45, 7) is 0.104.